The Morgan fingerprint density at radius 3 is 2.68 bits per heavy atom. The third-order valence-corrected chi connectivity index (χ3v) is 4.93. The summed E-state index contributed by atoms with van der Waals surface area (Å²) in [6.45, 7) is 6.08. The van der Waals surface area contributed by atoms with Crippen LogP contribution in [0.2, 0.25) is 5.02 Å². The van der Waals surface area contributed by atoms with Crippen molar-refractivity contribution in [2.45, 2.75) is 26.2 Å². The molecule has 0 spiro atoms. The summed E-state index contributed by atoms with van der Waals surface area (Å²) in [4.78, 5) is 12.9. The number of thiophene rings is 1. The van der Waals surface area contributed by atoms with Crippen molar-refractivity contribution >= 4 is 44.8 Å². The number of carbonyl (C=O) groups is 1. The van der Waals surface area contributed by atoms with Crippen LogP contribution in [-0.4, -0.2) is 11.1 Å². The van der Waals surface area contributed by atoms with Crippen LogP contribution < -0.4 is 5.32 Å². The highest BCUT2D eigenvalue weighted by molar-refractivity contribution is 7.21. The van der Waals surface area contributed by atoms with Crippen LogP contribution in [0.4, 0.5) is 5.88 Å². The van der Waals surface area contributed by atoms with Crippen molar-refractivity contribution in [1.29, 1.82) is 0 Å². The second-order valence-corrected chi connectivity index (χ2v) is 7.45. The van der Waals surface area contributed by atoms with Gasteiger partial charge >= 0.3 is 0 Å². The monoisotopic (exact) mass is 334 g/mol. The van der Waals surface area contributed by atoms with E-state index in [4.69, 9.17) is 16.1 Å². The molecule has 0 aliphatic heterocycles. The summed E-state index contributed by atoms with van der Waals surface area (Å²) in [5.74, 6) is 0.0336. The van der Waals surface area contributed by atoms with Gasteiger partial charge in [-0.05, 0) is 6.07 Å². The summed E-state index contributed by atoms with van der Waals surface area (Å²) < 4.78 is 6.15. The lowest BCUT2D eigenvalue weighted by molar-refractivity contribution is 0.102. The molecule has 0 fully saturated rings. The molecule has 1 N–H and O–H groups in total. The minimum atomic E-state index is -0.289. The van der Waals surface area contributed by atoms with E-state index >= 15 is 0 Å². The summed E-state index contributed by atoms with van der Waals surface area (Å²) >= 11 is 7.66. The zero-order chi connectivity index (χ0) is 15.9. The van der Waals surface area contributed by atoms with Crippen molar-refractivity contribution < 1.29 is 9.32 Å². The van der Waals surface area contributed by atoms with Crippen molar-refractivity contribution in [2.24, 2.45) is 0 Å². The van der Waals surface area contributed by atoms with Gasteiger partial charge in [-0.1, -0.05) is 55.7 Å². The molecule has 3 aromatic rings. The number of amides is 1. The van der Waals surface area contributed by atoms with Gasteiger partial charge in [-0.2, -0.15) is 0 Å². The molecule has 2 heterocycles. The SMILES string of the molecule is CC(C)(C)c1cc(NC(=O)c2sc3ccccc3c2Cl)on1. The first-order chi connectivity index (χ1) is 10.4. The van der Waals surface area contributed by atoms with E-state index in [1.54, 1.807) is 6.07 Å². The summed E-state index contributed by atoms with van der Waals surface area (Å²) in [5, 5.41) is 8.04. The standard InChI is InChI=1S/C16H15ClN2O2S/c1-16(2,3)11-8-12(21-19-11)18-15(20)14-13(17)9-6-4-5-7-10(9)22-14/h4-8H,1-3H3,(H,18,20). The Bertz CT molecular complexity index is 845. The molecule has 0 unspecified atom stereocenters. The molecule has 2 aromatic heterocycles. The van der Waals surface area contributed by atoms with Crippen LogP contribution >= 0.6 is 22.9 Å². The van der Waals surface area contributed by atoms with E-state index in [1.165, 1.54) is 11.3 Å². The van der Waals surface area contributed by atoms with Crippen LogP contribution in [0.25, 0.3) is 10.1 Å². The lowest BCUT2D eigenvalue weighted by atomic mass is 9.92. The Morgan fingerprint density at radius 2 is 2.05 bits per heavy atom. The molecule has 22 heavy (non-hydrogen) atoms. The lowest BCUT2D eigenvalue weighted by Gasteiger charge is -2.12. The first-order valence-electron chi connectivity index (χ1n) is 6.82. The molecule has 0 bridgehead atoms. The van der Waals surface area contributed by atoms with Gasteiger partial charge in [-0.3, -0.25) is 10.1 Å². The normalized spacial score (nSPS) is 11.8. The van der Waals surface area contributed by atoms with E-state index in [-0.39, 0.29) is 11.3 Å². The maximum absolute atomic E-state index is 12.4. The Labute approximate surface area is 137 Å². The molecule has 1 aromatic carbocycles. The molecule has 0 atom stereocenters. The van der Waals surface area contributed by atoms with Gasteiger partial charge < -0.3 is 4.52 Å². The van der Waals surface area contributed by atoms with Crippen molar-refractivity contribution in [2.75, 3.05) is 5.32 Å². The van der Waals surface area contributed by atoms with E-state index in [0.717, 1.165) is 15.8 Å². The first kappa shape index (κ1) is 15.1. The molecule has 0 radical (unpaired) electrons. The van der Waals surface area contributed by atoms with Crippen LogP contribution in [0.5, 0.6) is 0 Å². The van der Waals surface area contributed by atoms with E-state index in [0.29, 0.717) is 15.8 Å². The number of carbonyl (C=O) groups excluding carboxylic acids is 1. The Balaban J connectivity index is 1.87. The van der Waals surface area contributed by atoms with Crippen molar-refractivity contribution in [3.8, 4) is 0 Å². The number of anilines is 1. The average molecular weight is 335 g/mol. The highest BCUT2D eigenvalue weighted by Gasteiger charge is 2.22. The fourth-order valence-corrected chi connectivity index (χ4v) is 3.43. The van der Waals surface area contributed by atoms with Gasteiger partial charge in [0.1, 0.15) is 4.88 Å². The molecule has 0 aliphatic rings. The molecule has 0 saturated carbocycles. The Kier molecular flexibility index (Phi) is 3.70. The maximum atomic E-state index is 12.4. The molecule has 114 valence electrons. The maximum Gasteiger partial charge on any atom is 0.269 e. The zero-order valence-corrected chi connectivity index (χ0v) is 14.0. The molecule has 0 aliphatic carbocycles. The summed E-state index contributed by atoms with van der Waals surface area (Å²) in [6, 6.07) is 9.39. The van der Waals surface area contributed by atoms with E-state index in [2.05, 4.69) is 10.5 Å². The van der Waals surface area contributed by atoms with Crippen LogP contribution in [0.15, 0.2) is 34.9 Å². The van der Waals surface area contributed by atoms with Gasteiger partial charge in [0.25, 0.3) is 5.91 Å². The molecule has 3 rings (SSSR count). The number of rotatable bonds is 2. The number of hydrogen-bond donors (Lipinski definition) is 1. The van der Waals surface area contributed by atoms with Gasteiger partial charge in [-0.15, -0.1) is 11.3 Å². The molecule has 1 amide bonds. The Morgan fingerprint density at radius 1 is 1.32 bits per heavy atom. The second kappa shape index (κ2) is 5.41. The van der Waals surface area contributed by atoms with E-state index in [1.807, 2.05) is 45.0 Å². The van der Waals surface area contributed by atoms with Gasteiger partial charge in [0.2, 0.25) is 5.88 Å². The van der Waals surface area contributed by atoms with Crippen LogP contribution in [0.1, 0.15) is 36.1 Å². The quantitative estimate of drug-likeness (QED) is 0.710. The smallest absolute Gasteiger partial charge is 0.269 e. The molecule has 6 heteroatoms. The highest BCUT2D eigenvalue weighted by Crippen LogP contribution is 2.35. The molecular formula is C16H15ClN2O2S. The highest BCUT2D eigenvalue weighted by atomic mass is 35.5. The Hall–Kier alpha value is -1.85. The number of fused-ring (bicyclic) bond motifs is 1. The van der Waals surface area contributed by atoms with Gasteiger partial charge in [-0.25, -0.2) is 0 Å². The van der Waals surface area contributed by atoms with Gasteiger partial charge in [0.15, 0.2) is 0 Å². The summed E-state index contributed by atoms with van der Waals surface area (Å²) in [5.41, 5.74) is 0.645. The second-order valence-electron chi connectivity index (χ2n) is 6.02. The van der Waals surface area contributed by atoms with E-state index in [9.17, 15) is 4.79 Å². The third kappa shape index (κ3) is 2.74. The average Bonchev–Trinajstić information content (AvgIpc) is 3.04. The number of hydrogen-bond acceptors (Lipinski definition) is 4. The fourth-order valence-electron chi connectivity index (χ4n) is 2.02. The van der Waals surface area contributed by atoms with E-state index < -0.39 is 0 Å². The number of benzene rings is 1. The predicted octanol–water partition coefficient (Wildman–Crippen LogP) is 5.09. The summed E-state index contributed by atoms with van der Waals surface area (Å²) in [6.07, 6.45) is 0. The number of nitrogens with zero attached hydrogens (tertiary/aromatic N) is 1. The number of aromatic nitrogens is 1. The molecular weight excluding hydrogens is 320 g/mol. The zero-order valence-electron chi connectivity index (χ0n) is 12.4. The van der Waals surface area contributed by atoms with Gasteiger partial charge in [0.05, 0.1) is 10.7 Å². The number of nitrogens with one attached hydrogen (secondary N) is 1. The van der Waals surface area contributed by atoms with Crippen molar-refractivity contribution in [3.05, 3.63) is 45.9 Å². The summed E-state index contributed by atoms with van der Waals surface area (Å²) in [7, 11) is 0. The van der Waals surface area contributed by atoms with Crippen LogP contribution in [0, 0.1) is 0 Å². The largest absolute Gasteiger partial charge is 0.338 e. The van der Waals surface area contributed by atoms with Crippen LogP contribution in [-0.2, 0) is 5.41 Å². The molecule has 0 saturated heterocycles. The van der Waals surface area contributed by atoms with Crippen molar-refractivity contribution in [1.82, 2.24) is 5.16 Å². The number of halogens is 1. The first-order valence-corrected chi connectivity index (χ1v) is 8.01. The fraction of sp³-hybridized carbons (Fsp3) is 0.250. The minimum absolute atomic E-state index is 0.137. The predicted molar refractivity (Wildman–Crippen MR) is 90.0 cm³/mol. The minimum Gasteiger partial charge on any atom is -0.338 e. The topological polar surface area (TPSA) is 55.1 Å². The van der Waals surface area contributed by atoms with Crippen molar-refractivity contribution in [3.63, 3.8) is 0 Å². The van der Waals surface area contributed by atoms with Crippen LogP contribution in [0.3, 0.4) is 0 Å². The third-order valence-electron chi connectivity index (χ3n) is 3.26. The van der Waals surface area contributed by atoms with Gasteiger partial charge in [0, 0.05) is 21.6 Å². The molecule has 4 nitrogen and oxygen atoms in total. The lowest BCUT2D eigenvalue weighted by Crippen LogP contribution is -2.12.